The van der Waals surface area contributed by atoms with Gasteiger partial charge >= 0.3 is 0 Å². The van der Waals surface area contributed by atoms with Gasteiger partial charge in [-0.1, -0.05) is 12.1 Å². The molecule has 0 radical (unpaired) electrons. The fourth-order valence-corrected chi connectivity index (χ4v) is 2.61. The van der Waals surface area contributed by atoms with Gasteiger partial charge in [-0.05, 0) is 36.8 Å². The number of hydrogen-bond acceptors (Lipinski definition) is 3. The van der Waals surface area contributed by atoms with Gasteiger partial charge in [0, 0.05) is 36.7 Å². The van der Waals surface area contributed by atoms with E-state index in [0.717, 1.165) is 11.3 Å². The van der Waals surface area contributed by atoms with E-state index in [0.29, 0.717) is 12.2 Å². The Morgan fingerprint density at radius 2 is 2.05 bits per heavy atom. The zero-order valence-electron chi connectivity index (χ0n) is 12.3. The lowest BCUT2D eigenvalue weighted by Gasteiger charge is -2.17. The number of rotatable bonds is 3. The molecule has 22 heavy (non-hydrogen) atoms. The second kappa shape index (κ2) is 5.97. The largest absolute Gasteiger partial charge is 0.326 e. The van der Waals surface area contributed by atoms with Crippen molar-refractivity contribution in [2.24, 2.45) is 5.92 Å². The van der Waals surface area contributed by atoms with Gasteiger partial charge in [-0.2, -0.15) is 0 Å². The second-order valence-electron chi connectivity index (χ2n) is 5.47. The fourth-order valence-electron chi connectivity index (χ4n) is 2.61. The van der Waals surface area contributed by atoms with E-state index in [1.54, 1.807) is 29.4 Å². The van der Waals surface area contributed by atoms with Crippen molar-refractivity contribution in [2.75, 3.05) is 16.8 Å². The van der Waals surface area contributed by atoms with Crippen LogP contribution in [0.5, 0.6) is 0 Å². The van der Waals surface area contributed by atoms with E-state index in [1.165, 1.54) is 0 Å². The number of benzene rings is 1. The summed E-state index contributed by atoms with van der Waals surface area (Å²) in [7, 11) is 0. The van der Waals surface area contributed by atoms with Crippen LogP contribution in [-0.4, -0.2) is 23.3 Å². The number of aryl methyl sites for hydroxylation is 1. The molecule has 1 saturated heterocycles. The van der Waals surface area contributed by atoms with Crippen LogP contribution >= 0.6 is 0 Å². The molecule has 2 heterocycles. The van der Waals surface area contributed by atoms with Gasteiger partial charge in [-0.15, -0.1) is 0 Å². The van der Waals surface area contributed by atoms with Gasteiger partial charge in [0.2, 0.25) is 11.8 Å². The first-order chi connectivity index (χ1) is 10.6. The van der Waals surface area contributed by atoms with Gasteiger partial charge in [0.25, 0.3) is 0 Å². The van der Waals surface area contributed by atoms with E-state index in [-0.39, 0.29) is 24.2 Å². The molecule has 0 bridgehead atoms. The highest BCUT2D eigenvalue weighted by Crippen LogP contribution is 2.26. The van der Waals surface area contributed by atoms with Gasteiger partial charge in [0.05, 0.1) is 5.92 Å². The van der Waals surface area contributed by atoms with Crippen molar-refractivity contribution in [3.63, 3.8) is 0 Å². The highest BCUT2D eigenvalue weighted by atomic mass is 16.2. The molecular formula is C17H17N3O2. The Labute approximate surface area is 129 Å². The molecule has 2 amide bonds. The molecule has 5 heteroatoms. The summed E-state index contributed by atoms with van der Waals surface area (Å²) in [6.07, 6.45) is 3.48. The molecule has 0 saturated carbocycles. The SMILES string of the molecule is Cc1cccc(N2C[C@H](C(=O)Nc3ccncc3)CC2=O)c1. The summed E-state index contributed by atoms with van der Waals surface area (Å²) in [5, 5.41) is 2.83. The van der Waals surface area contributed by atoms with Crippen molar-refractivity contribution in [2.45, 2.75) is 13.3 Å². The van der Waals surface area contributed by atoms with Gasteiger partial charge < -0.3 is 10.2 Å². The van der Waals surface area contributed by atoms with E-state index in [1.807, 2.05) is 31.2 Å². The molecular weight excluding hydrogens is 278 g/mol. The van der Waals surface area contributed by atoms with Crippen LogP contribution in [0.25, 0.3) is 0 Å². The van der Waals surface area contributed by atoms with E-state index >= 15 is 0 Å². The lowest BCUT2D eigenvalue weighted by Crippen LogP contribution is -2.28. The maximum atomic E-state index is 12.3. The lowest BCUT2D eigenvalue weighted by molar-refractivity contribution is -0.122. The summed E-state index contributed by atoms with van der Waals surface area (Å²) in [4.78, 5) is 30.1. The first-order valence-corrected chi connectivity index (χ1v) is 7.21. The number of hydrogen-bond donors (Lipinski definition) is 1. The average molecular weight is 295 g/mol. The molecule has 3 rings (SSSR count). The fraction of sp³-hybridized carbons (Fsp3) is 0.235. The molecule has 1 N–H and O–H groups in total. The molecule has 0 spiro atoms. The molecule has 1 aromatic heterocycles. The molecule has 0 unspecified atom stereocenters. The van der Waals surface area contributed by atoms with Gasteiger partial charge in [-0.3, -0.25) is 14.6 Å². The number of carbonyl (C=O) groups is 2. The van der Waals surface area contributed by atoms with Gasteiger partial charge in [0.1, 0.15) is 0 Å². The minimum Gasteiger partial charge on any atom is -0.326 e. The third kappa shape index (κ3) is 2.98. The molecule has 1 aliphatic heterocycles. The number of amides is 2. The number of anilines is 2. The van der Waals surface area contributed by atoms with Crippen molar-refractivity contribution in [3.05, 3.63) is 54.4 Å². The normalized spacial score (nSPS) is 17.6. The Kier molecular flexibility index (Phi) is 3.87. The van der Waals surface area contributed by atoms with Crippen LogP contribution in [0, 0.1) is 12.8 Å². The number of aromatic nitrogens is 1. The van der Waals surface area contributed by atoms with Crippen molar-refractivity contribution in [1.29, 1.82) is 0 Å². The Bertz CT molecular complexity index is 700. The van der Waals surface area contributed by atoms with Crippen LogP contribution < -0.4 is 10.2 Å². The third-order valence-electron chi connectivity index (χ3n) is 3.76. The Morgan fingerprint density at radius 1 is 1.27 bits per heavy atom. The van der Waals surface area contributed by atoms with Crippen LogP contribution in [0.1, 0.15) is 12.0 Å². The zero-order valence-corrected chi connectivity index (χ0v) is 12.3. The van der Waals surface area contributed by atoms with Crippen LogP contribution in [0.2, 0.25) is 0 Å². The summed E-state index contributed by atoms with van der Waals surface area (Å²) in [5.41, 5.74) is 2.64. The van der Waals surface area contributed by atoms with E-state index in [9.17, 15) is 9.59 Å². The van der Waals surface area contributed by atoms with Gasteiger partial charge in [0.15, 0.2) is 0 Å². The van der Waals surface area contributed by atoms with Crippen molar-refractivity contribution >= 4 is 23.2 Å². The molecule has 1 aromatic carbocycles. The highest BCUT2D eigenvalue weighted by molar-refractivity contribution is 6.03. The maximum Gasteiger partial charge on any atom is 0.229 e. The lowest BCUT2D eigenvalue weighted by atomic mass is 10.1. The molecule has 5 nitrogen and oxygen atoms in total. The molecule has 0 aliphatic carbocycles. The highest BCUT2D eigenvalue weighted by Gasteiger charge is 2.35. The number of nitrogens with one attached hydrogen (secondary N) is 1. The third-order valence-corrected chi connectivity index (χ3v) is 3.76. The van der Waals surface area contributed by atoms with Gasteiger partial charge in [-0.25, -0.2) is 0 Å². The topological polar surface area (TPSA) is 62.3 Å². The zero-order chi connectivity index (χ0) is 15.5. The summed E-state index contributed by atoms with van der Waals surface area (Å²) in [6, 6.07) is 11.2. The first-order valence-electron chi connectivity index (χ1n) is 7.21. The number of carbonyl (C=O) groups excluding carboxylic acids is 2. The second-order valence-corrected chi connectivity index (χ2v) is 5.47. The molecule has 112 valence electrons. The molecule has 1 atom stereocenters. The average Bonchev–Trinajstić information content (AvgIpc) is 2.90. The van der Waals surface area contributed by atoms with Crippen LogP contribution in [0.4, 0.5) is 11.4 Å². The standard InChI is InChI=1S/C17H17N3O2/c1-12-3-2-4-15(9-12)20-11-13(10-16(20)21)17(22)19-14-5-7-18-8-6-14/h2-9,13H,10-11H2,1H3,(H,18,19,22)/t13-/m1/s1. The smallest absolute Gasteiger partial charge is 0.229 e. The molecule has 1 aliphatic rings. The Hall–Kier alpha value is -2.69. The summed E-state index contributed by atoms with van der Waals surface area (Å²) < 4.78 is 0. The summed E-state index contributed by atoms with van der Waals surface area (Å²) in [6.45, 7) is 2.40. The van der Waals surface area contributed by atoms with E-state index < -0.39 is 0 Å². The van der Waals surface area contributed by atoms with E-state index in [2.05, 4.69) is 10.3 Å². The van der Waals surface area contributed by atoms with E-state index in [4.69, 9.17) is 0 Å². The molecule has 1 fully saturated rings. The van der Waals surface area contributed by atoms with Crippen molar-refractivity contribution < 1.29 is 9.59 Å². The minimum absolute atomic E-state index is 0.0134. The summed E-state index contributed by atoms with van der Waals surface area (Å²) >= 11 is 0. The minimum atomic E-state index is -0.332. The number of pyridine rings is 1. The Morgan fingerprint density at radius 3 is 2.77 bits per heavy atom. The van der Waals surface area contributed by atoms with Crippen LogP contribution in [0.3, 0.4) is 0 Å². The predicted molar refractivity (Wildman–Crippen MR) is 84.5 cm³/mol. The monoisotopic (exact) mass is 295 g/mol. The molecule has 2 aromatic rings. The van der Waals surface area contributed by atoms with Crippen LogP contribution in [0.15, 0.2) is 48.8 Å². The number of nitrogens with zero attached hydrogens (tertiary/aromatic N) is 2. The van der Waals surface area contributed by atoms with Crippen molar-refractivity contribution in [3.8, 4) is 0 Å². The predicted octanol–water partition coefficient (Wildman–Crippen LogP) is 2.38. The van der Waals surface area contributed by atoms with Crippen LogP contribution in [-0.2, 0) is 9.59 Å². The quantitative estimate of drug-likeness (QED) is 0.945. The summed E-state index contributed by atoms with van der Waals surface area (Å²) in [5.74, 6) is -0.476. The maximum absolute atomic E-state index is 12.3. The first kappa shape index (κ1) is 14.3. The van der Waals surface area contributed by atoms with Crippen molar-refractivity contribution in [1.82, 2.24) is 4.98 Å². The Balaban J connectivity index is 1.70.